The van der Waals surface area contributed by atoms with Crippen LogP contribution in [0.5, 0.6) is 0 Å². The van der Waals surface area contributed by atoms with E-state index in [1.54, 1.807) is 0 Å². The predicted molar refractivity (Wildman–Crippen MR) is 297 cm³/mol. The SMILES string of the molecule is CC1O[C@@H](OC2[C@H](OC[C@@]34CC[C@]5(C)C(=CCC6[C@@]7(C)CC[C@H](O[C@@H]8OC(CO[C@@H]9OC(CO)[C@H](O)[C@H](O)C9O)[C@H](O)[C@H](O)C8O)C(C)(C)C7CC[C@]65C)C3CC(C)(C)[C@@H](O)[C@@H]4O)OC(CO[C@@H]3OC(CO)[C@H](O)[C@H](O)C3O)[C@H](O)[C@@H]2O)C(O)[C@@H](O)[C@H]1O. The Kier molecular flexibility index (Phi) is 20.2. The number of aliphatic hydroxyl groups is 18. The normalized spacial score (nSPS) is 55.3. The summed E-state index contributed by atoms with van der Waals surface area (Å²) in [6.07, 6.45) is -36.5. The molecule has 5 saturated heterocycles. The highest BCUT2D eigenvalue weighted by molar-refractivity contribution is 5.35. The van der Waals surface area contributed by atoms with E-state index < -0.39 is 226 Å². The third kappa shape index (κ3) is 11.5. The summed E-state index contributed by atoms with van der Waals surface area (Å²) in [6, 6.07) is 0. The highest BCUT2D eigenvalue weighted by Crippen LogP contribution is 2.76. The molecule has 0 aromatic rings. The van der Waals surface area contributed by atoms with Crippen molar-refractivity contribution in [1.82, 2.24) is 0 Å². The number of rotatable bonds is 15. The van der Waals surface area contributed by atoms with Crippen LogP contribution in [0.15, 0.2) is 11.6 Å². The Labute approximate surface area is 511 Å². The zero-order valence-corrected chi connectivity index (χ0v) is 51.3. The molecule has 18 N–H and O–H groups in total. The molecule has 0 aromatic carbocycles. The Morgan fingerprint density at radius 1 is 0.466 bits per heavy atom. The van der Waals surface area contributed by atoms with Gasteiger partial charge in [0.05, 0.1) is 57.5 Å². The van der Waals surface area contributed by atoms with Crippen LogP contribution in [0.2, 0.25) is 0 Å². The van der Waals surface area contributed by atoms with Crippen LogP contribution in [0.3, 0.4) is 0 Å². The molecule has 5 aliphatic heterocycles. The standard InChI is InChI=1S/C60H100O28/c1-23-33(63)38(68)45(75)52(82-23)88-47-42(72)37(67)29(21-80-51-44(74)40(70)35(65)27(19-62)84-51)86-54(47)81-22-60-16-15-58(7)24(25(60)17-55(2,3)48(77)49(60)78)9-10-31-57(6)13-12-32(56(4,5)30(57)11-14-59(31,58)8)87-53-46(76)41(71)36(66)28(85-53)20-79-50-43(73)39(69)34(64)26(18-61)83-50/h9,23,25-54,61-78H,10-22H2,1-8H3/t23?,25?,26?,27?,28?,29?,30?,31?,32-,33-,34-,35-,36-,37-,38-,39-,40-,41-,42-,43?,44?,45?,46?,47?,48-,49-,50+,51+,52-,53-,54+,57-,58+,59+,60-/m0/s1. The first-order valence-electron chi connectivity index (χ1n) is 31.4. The third-order valence-corrected chi connectivity index (χ3v) is 23.8. The van der Waals surface area contributed by atoms with Gasteiger partial charge in [-0.3, -0.25) is 0 Å². The summed E-state index contributed by atoms with van der Waals surface area (Å²) in [5.74, 6) is -0.207. The van der Waals surface area contributed by atoms with Gasteiger partial charge in [-0.25, -0.2) is 0 Å². The van der Waals surface area contributed by atoms with Crippen molar-refractivity contribution in [3.05, 3.63) is 11.6 Å². The van der Waals surface area contributed by atoms with Gasteiger partial charge in [-0.15, -0.1) is 0 Å². The van der Waals surface area contributed by atoms with E-state index in [-0.39, 0.29) is 29.3 Å². The molecule has 10 rings (SSSR count). The van der Waals surface area contributed by atoms with Gasteiger partial charge in [-0.2, -0.15) is 0 Å². The van der Waals surface area contributed by atoms with E-state index in [1.165, 1.54) is 6.92 Å². The smallest absolute Gasteiger partial charge is 0.187 e. The lowest BCUT2D eigenvalue weighted by Gasteiger charge is -2.72. The quantitative estimate of drug-likeness (QED) is 0.0541. The second kappa shape index (κ2) is 25.6. The Morgan fingerprint density at radius 2 is 0.955 bits per heavy atom. The van der Waals surface area contributed by atoms with Crippen molar-refractivity contribution in [3.63, 3.8) is 0 Å². The number of hydrogen-bond donors (Lipinski definition) is 18. The van der Waals surface area contributed by atoms with Crippen LogP contribution in [0.4, 0.5) is 0 Å². The molecule has 5 aliphatic carbocycles. The topological polar surface area (TPSA) is 456 Å². The molecule has 28 nitrogen and oxygen atoms in total. The molecule has 508 valence electrons. The Morgan fingerprint density at radius 3 is 1.51 bits per heavy atom. The van der Waals surface area contributed by atoms with Crippen LogP contribution in [0.1, 0.15) is 107 Å². The highest BCUT2D eigenvalue weighted by atomic mass is 16.8. The van der Waals surface area contributed by atoms with Gasteiger partial charge >= 0.3 is 0 Å². The maximum atomic E-state index is 12.7. The van der Waals surface area contributed by atoms with Crippen molar-refractivity contribution >= 4 is 0 Å². The second-order valence-corrected chi connectivity index (χ2v) is 29.3. The van der Waals surface area contributed by atoms with Gasteiger partial charge < -0.3 is 139 Å². The lowest BCUT2D eigenvalue weighted by atomic mass is 9.33. The molecule has 28 heteroatoms. The first-order chi connectivity index (χ1) is 41.1. The van der Waals surface area contributed by atoms with Crippen LogP contribution < -0.4 is 0 Å². The minimum Gasteiger partial charge on any atom is -0.394 e. The third-order valence-electron chi connectivity index (χ3n) is 23.8. The summed E-state index contributed by atoms with van der Waals surface area (Å²) in [5, 5.41) is 196. The van der Waals surface area contributed by atoms with Crippen molar-refractivity contribution in [3.8, 4) is 0 Å². The summed E-state index contributed by atoms with van der Waals surface area (Å²) in [7, 11) is 0. The van der Waals surface area contributed by atoms with Crippen molar-refractivity contribution in [2.45, 2.75) is 279 Å². The van der Waals surface area contributed by atoms with E-state index in [0.29, 0.717) is 38.5 Å². The molecule has 13 unspecified atom stereocenters. The number of ether oxygens (including phenoxy) is 10. The van der Waals surface area contributed by atoms with E-state index in [4.69, 9.17) is 47.4 Å². The average Bonchev–Trinajstić information content (AvgIpc) is 0.755. The van der Waals surface area contributed by atoms with E-state index in [0.717, 1.165) is 18.4 Å². The molecule has 35 atom stereocenters. The van der Waals surface area contributed by atoms with Gasteiger partial charge in [0.2, 0.25) is 0 Å². The fourth-order valence-electron chi connectivity index (χ4n) is 18.0. The van der Waals surface area contributed by atoms with E-state index in [1.807, 2.05) is 13.8 Å². The largest absolute Gasteiger partial charge is 0.394 e. The van der Waals surface area contributed by atoms with E-state index >= 15 is 0 Å². The van der Waals surface area contributed by atoms with Crippen molar-refractivity contribution in [2.75, 3.05) is 33.0 Å². The Bertz CT molecular complexity index is 2400. The van der Waals surface area contributed by atoms with Gasteiger partial charge in [0.1, 0.15) is 116 Å². The first kappa shape index (κ1) is 69.4. The molecule has 9 fully saturated rings. The molecule has 88 heavy (non-hydrogen) atoms. The van der Waals surface area contributed by atoms with Gasteiger partial charge in [0.25, 0.3) is 0 Å². The molecule has 4 saturated carbocycles. The molecule has 10 aliphatic rings. The Balaban J connectivity index is 0.885. The summed E-state index contributed by atoms with van der Waals surface area (Å²) in [5.41, 5.74) is -2.51. The molecule has 0 bridgehead atoms. The van der Waals surface area contributed by atoms with Crippen LogP contribution in [-0.4, -0.2) is 297 Å². The fraction of sp³-hybridized carbons (Fsp3) is 0.967. The zero-order chi connectivity index (χ0) is 64.4. The van der Waals surface area contributed by atoms with Crippen LogP contribution in [0.25, 0.3) is 0 Å². The lowest BCUT2D eigenvalue weighted by Crippen LogP contribution is -2.69. The highest BCUT2D eigenvalue weighted by Gasteiger charge is 2.71. The number of aliphatic hydroxyl groups excluding tert-OH is 18. The number of allylic oxidation sites excluding steroid dienone is 2. The van der Waals surface area contributed by atoms with Gasteiger partial charge in [-0.05, 0) is 103 Å². The summed E-state index contributed by atoms with van der Waals surface area (Å²) in [6.45, 7) is 13.7. The van der Waals surface area contributed by atoms with Gasteiger partial charge in [0.15, 0.2) is 31.5 Å². The average molecular weight is 1270 g/mol. The summed E-state index contributed by atoms with van der Waals surface area (Å²) < 4.78 is 60.2. The molecule has 0 aromatic heterocycles. The predicted octanol–water partition coefficient (Wildman–Crippen LogP) is -4.77. The van der Waals surface area contributed by atoms with Gasteiger partial charge in [-0.1, -0.05) is 60.1 Å². The minimum atomic E-state index is -1.91. The summed E-state index contributed by atoms with van der Waals surface area (Å²) >= 11 is 0. The summed E-state index contributed by atoms with van der Waals surface area (Å²) in [4.78, 5) is 0. The molecule has 5 heterocycles. The van der Waals surface area contributed by atoms with Crippen LogP contribution in [0, 0.1) is 50.2 Å². The molecule has 0 radical (unpaired) electrons. The lowest BCUT2D eigenvalue weighted by molar-refractivity contribution is -0.374. The van der Waals surface area contributed by atoms with Crippen LogP contribution in [-0.2, 0) is 47.4 Å². The van der Waals surface area contributed by atoms with Crippen molar-refractivity contribution < 1.29 is 139 Å². The number of fused-ring (bicyclic) bond motifs is 7. The zero-order valence-electron chi connectivity index (χ0n) is 51.3. The first-order valence-corrected chi connectivity index (χ1v) is 31.4. The fourth-order valence-corrected chi connectivity index (χ4v) is 18.0. The maximum Gasteiger partial charge on any atom is 0.187 e. The van der Waals surface area contributed by atoms with E-state index in [9.17, 15) is 91.9 Å². The Hall–Kier alpha value is -1.38. The molecular formula is C60H100O28. The van der Waals surface area contributed by atoms with Crippen molar-refractivity contribution in [1.29, 1.82) is 0 Å². The second-order valence-electron chi connectivity index (χ2n) is 29.3. The van der Waals surface area contributed by atoms with Crippen LogP contribution >= 0.6 is 0 Å². The monoisotopic (exact) mass is 1270 g/mol. The molecule has 0 amide bonds. The molecule has 0 spiro atoms. The van der Waals surface area contributed by atoms with Gasteiger partial charge in [0, 0.05) is 5.41 Å². The molecular weight excluding hydrogens is 1170 g/mol. The minimum absolute atomic E-state index is 0.0706. The maximum absolute atomic E-state index is 12.7. The number of hydrogen-bond acceptors (Lipinski definition) is 28. The van der Waals surface area contributed by atoms with Crippen molar-refractivity contribution in [2.24, 2.45) is 50.2 Å². The van der Waals surface area contributed by atoms with E-state index in [2.05, 4.69) is 40.7 Å².